The third-order valence-electron chi connectivity index (χ3n) is 5.00. The number of ether oxygens (including phenoxy) is 1. The number of alkyl halides is 1. The summed E-state index contributed by atoms with van der Waals surface area (Å²) in [5, 5.41) is 0. The number of likely N-dealkylation sites (tertiary alicyclic amines) is 1. The summed E-state index contributed by atoms with van der Waals surface area (Å²) in [6.45, 7) is 1.65. The molecule has 1 aliphatic heterocycles. The second kappa shape index (κ2) is 8.95. The summed E-state index contributed by atoms with van der Waals surface area (Å²) < 4.78 is 18.2. The van der Waals surface area contributed by atoms with E-state index >= 15 is 0 Å². The first-order chi connectivity index (χ1) is 12.3. The number of pyridine rings is 1. The monoisotopic (exact) mass is 342 g/mol. The number of hydrogen-bond donors (Lipinski definition) is 0. The Morgan fingerprint density at radius 2 is 2.08 bits per heavy atom. The highest BCUT2D eigenvalue weighted by molar-refractivity contribution is 5.67. The molecule has 1 aromatic heterocycles. The maximum Gasteiger partial charge on any atom is 0.138 e. The first kappa shape index (κ1) is 17.9. The van der Waals surface area contributed by atoms with Crippen LogP contribution in [0.3, 0.4) is 0 Å². The predicted molar refractivity (Wildman–Crippen MR) is 99.7 cm³/mol. The lowest BCUT2D eigenvalue weighted by Gasteiger charge is -2.37. The highest BCUT2D eigenvalue weighted by atomic mass is 19.1. The van der Waals surface area contributed by atoms with Gasteiger partial charge in [0.2, 0.25) is 0 Å². The molecule has 0 amide bonds. The molecule has 1 aliphatic rings. The van der Waals surface area contributed by atoms with Crippen LogP contribution in [0.1, 0.15) is 31.2 Å². The molecule has 0 spiro atoms. The normalized spacial score (nSPS) is 17.3. The van der Waals surface area contributed by atoms with E-state index in [4.69, 9.17) is 4.74 Å². The summed E-state index contributed by atoms with van der Waals surface area (Å²) in [5.74, 6) is 0.824. The largest absolute Gasteiger partial charge is 0.490 e. The maximum atomic E-state index is 12.3. The van der Waals surface area contributed by atoms with Crippen molar-refractivity contribution in [3.05, 3.63) is 48.3 Å². The molecule has 3 rings (SSSR count). The Bertz CT molecular complexity index is 676. The fourth-order valence-electron chi connectivity index (χ4n) is 3.22. The van der Waals surface area contributed by atoms with Crippen molar-refractivity contribution in [3.8, 4) is 16.9 Å². The van der Waals surface area contributed by atoms with Crippen LogP contribution in [-0.4, -0.2) is 42.8 Å². The summed E-state index contributed by atoms with van der Waals surface area (Å²) >= 11 is 0. The number of nitrogens with zero attached hydrogens (tertiary/aromatic N) is 2. The number of aryl methyl sites for hydroxylation is 1. The quantitative estimate of drug-likeness (QED) is 0.627. The molecule has 0 radical (unpaired) electrons. The summed E-state index contributed by atoms with van der Waals surface area (Å²) in [6, 6.07) is 11.0. The Hall–Kier alpha value is -1.94. The van der Waals surface area contributed by atoms with Gasteiger partial charge in [-0.15, -0.1) is 0 Å². The minimum atomic E-state index is -0.221. The van der Waals surface area contributed by atoms with E-state index in [0.717, 1.165) is 37.1 Å². The van der Waals surface area contributed by atoms with Gasteiger partial charge in [-0.2, -0.15) is 0 Å². The zero-order valence-electron chi connectivity index (χ0n) is 15.0. The molecular formula is C21H27FN2O. The molecule has 134 valence electrons. The van der Waals surface area contributed by atoms with Gasteiger partial charge in [-0.05, 0) is 56.5 Å². The standard InChI is InChI=1S/C21H27FN2O/c1-24-12-10-19(24)16-25-20-13-18(14-23-15-20)21-9-5-4-8-17(21)7-3-2-6-11-22/h4-5,8-9,13-15,19H,2-3,6-7,10-12,16H2,1H3/t19-/m0/s1. The molecule has 1 atom stereocenters. The third-order valence-corrected chi connectivity index (χ3v) is 5.00. The van der Waals surface area contributed by atoms with Gasteiger partial charge in [0, 0.05) is 17.8 Å². The fraction of sp³-hybridized carbons (Fsp3) is 0.476. The van der Waals surface area contributed by atoms with Crippen LogP contribution in [0, 0.1) is 0 Å². The van der Waals surface area contributed by atoms with Crippen LogP contribution in [-0.2, 0) is 6.42 Å². The van der Waals surface area contributed by atoms with E-state index in [1.165, 1.54) is 17.5 Å². The topological polar surface area (TPSA) is 25.4 Å². The molecule has 2 heterocycles. The second-order valence-electron chi connectivity index (χ2n) is 6.80. The molecule has 25 heavy (non-hydrogen) atoms. The Morgan fingerprint density at radius 1 is 1.20 bits per heavy atom. The number of hydrogen-bond acceptors (Lipinski definition) is 3. The Kier molecular flexibility index (Phi) is 6.40. The highest BCUT2D eigenvalue weighted by Gasteiger charge is 2.24. The lowest BCUT2D eigenvalue weighted by Crippen LogP contribution is -2.48. The van der Waals surface area contributed by atoms with Crippen molar-refractivity contribution in [1.29, 1.82) is 0 Å². The molecule has 0 saturated carbocycles. The molecule has 0 unspecified atom stereocenters. The van der Waals surface area contributed by atoms with E-state index in [0.29, 0.717) is 19.1 Å². The molecule has 0 aliphatic carbocycles. The lowest BCUT2D eigenvalue weighted by molar-refractivity contribution is 0.0768. The molecule has 1 fully saturated rings. The van der Waals surface area contributed by atoms with Gasteiger partial charge in [-0.25, -0.2) is 0 Å². The molecular weight excluding hydrogens is 315 g/mol. The Balaban J connectivity index is 1.67. The summed E-state index contributed by atoms with van der Waals surface area (Å²) in [4.78, 5) is 6.67. The Morgan fingerprint density at radius 3 is 2.84 bits per heavy atom. The van der Waals surface area contributed by atoms with Crippen LogP contribution in [0.4, 0.5) is 4.39 Å². The molecule has 0 bridgehead atoms. The van der Waals surface area contributed by atoms with Crippen LogP contribution >= 0.6 is 0 Å². The fourth-order valence-corrected chi connectivity index (χ4v) is 3.22. The first-order valence-electron chi connectivity index (χ1n) is 9.20. The van der Waals surface area contributed by atoms with E-state index < -0.39 is 0 Å². The van der Waals surface area contributed by atoms with Gasteiger partial charge in [0.25, 0.3) is 0 Å². The summed E-state index contributed by atoms with van der Waals surface area (Å²) in [5.41, 5.74) is 3.57. The number of benzene rings is 1. The van der Waals surface area contributed by atoms with Crippen LogP contribution < -0.4 is 4.74 Å². The zero-order valence-corrected chi connectivity index (χ0v) is 15.0. The van der Waals surface area contributed by atoms with Crippen molar-refractivity contribution in [2.24, 2.45) is 0 Å². The molecule has 4 heteroatoms. The van der Waals surface area contributed by atoms with Gasteiger partial charge in [-0.1, -0.05) is 30.7 Å². The second-order valence-corrected chi connectivity index (χ2v) is 6.80. The predicted octanol–water partition coefficient (Wildman–Crippen LogP) is 4.51. The van der Waals surface area contributed by atoms with Crippen LogP contribution in [0.15, 0.2) is 42.7 Å². The lowest BCUT2D eigenvalue weighted by atomic mass is 9.97. The van der Waals surface area contributed by atoms with E-state index in [1.54, 1.807) is 6.20 Å². The van der Waals surface area contributed by atoms with Crippen molar-refractivity contribution in [2.45, 2.75) is 38.1 Å². The van der Waals surface area contributed by atoms with Crippen molar-refractivity contribution >= 4 is 0 Å². The number of aromatic nitrogens is 1. The number of rotatable bonds is 9. The van der Waals surface area contributed by atoms with E-state index in [9.17, 15) is 4.39 Å². The zero-order chi connectivity index (χ0) is 17.5. The summed E-state index contributed by atoms with van der Waals surface area (Å²) in [7, 11) is 2.13. The van der Waals surface area contributed by atoms with Gasteiger partial charge < -0.3 is 4.74 Å². The summed E-state index contributed by atoms with van der Waals surface area (Å²) in [6.07, 6.45) is 8.44. The third kappa shape index (κ3) is 4.79. The molecule has 1 saturated heterocycles. The molecule has 1 aromatic carbocycles. The molecule has 3 nitrogen and oxygen atoms in total. The van der Waals surface area contributed by atoms with Crippen LogP contribution in [0.2, 0.25) is 0 Å². The van der Waals surface area contributed by atoms with Gasteiger partial charge in [-0.3, -0.25) is 14.3 Å². The number of halogens is 1. The van der Waals surface area contributed by atoms with Crippen molar-refractivity contribution in [2.75, 3.05) is 26.9 Å². The maximum absolute atomic E-state index is 12.3. The van der Waals surface area contributed by atoms with E-state index in [2.05, 4.69) is 47.3 Å². The van der Waals surface area contributed by atoms with Crippen molar-refractivity contribution in [3.63, 3.8) is 0 Å². The van der Waals surface area contributed by atoms with E-state index in [1.807, 2.05) is 6.20 Å². The van der Waals surface area contributed by atoms with Crippen LogP contribution in [0.5, 0.6) is 5.75 Å². The van der Waals surface area contributed by atoms with Gasteiger partial charge in [0.1, 0.15) is 12.4 Å². The van der Waals surface area contributed by atoms with Crippen molar-refractivity contribution < 1.29 is 9.13 Å². The smallest absolute Gasteiger partial charge is 0.138 e. The average molecular weight is 342 g/mol. The SMILES string of the molecule is CN1CC[C@H]1COc1cncc(-c2ccccc2CCCCCF)c1. The van der Waals surface area contributed by atoms with Gasteiger partial charge in [0.15, 0.2) is 0 Å². The number of likely N-dealkylation sites (N-methyl/N-ethyl adjacent to an activating group) is 1. The number of unbranched alkanes of at least 4 members (excludes halogenated alkanes) is 2. The van der Waals surface area contributed by atoms with Gasteiger partial charge in [0.05, 0.1) is 12.9 Å². The Labute approximate surface area is 149 Å². The highest BCUT2D eigenvalue weighted by Crippen LogP contribution is 2.27. The average Bonchev–Trinajstić information content (AvgIpc) is 2.65. The molecule has 0 N–H and O–H groups in total. The minimum Gasteiger partial charge on any atom is -0.490 e. The minimum absolute atomic E-state index is 0.221. The van der Waals surface area contributed by atoms with Gasteiger partial charge >= 0.3 is 0 Å². The van der Waals surface area contributed by atoms with Crippen molar-refractivity contribution in [1.82, 2.24) is 9.88 Å². The van der Waals surface area contributed by atoms with Crippen LogP contribution in [0.25, 0.3) is 11.1 Å². The first-order valence-corrected chi connectivity index (χ1v) is 9.20. The molecule has 2 aromatic rings. The van der Waals surface area contributed by atoms with E-state index in [-0.39, 0.29) is 6.67 Å².